The summed E-state index contributed by atoms with van der Waals surface area (Å²) in [4.78, 5) is 12.8. The fourth-order valence-corrected chi connectivity index (χ4v) is 2.24. The fraction of sp³-hybridized carbons (Fsp3) is 0.500. The summed E-state index contributed by atoms with van der Waals surface area (Å²) >= 11 is 0. The van der Waals surface area contributed by atoms with Crippen molar-refractivity contribution in [3.8, 4) is 0 Å². The molecule has 1 unspecified atom stereocenters. The maximum Gasteiger partial charge on any atom is 0.316 e. The number of urea groups is 1. The lowest BCUT2D eigenvalue weighted by atomic mass is 9.78. The van der Waals surface area contributed by atoms with Gasteiger partial charge in [-0.05, 0) is 17.5 Å². The average Bonchev–Trinajstić information content (AvgIpc) is 2.33. The van der Waals surface area contributed by atoms with Crippen LogP contribution in [0, 0.1) is 0 Å². The Morgan fingerprint density at radius 3 is 2.83 bits per heavy atom. The lowest BCUT2D eigenvalue weighted by molar-refractivity contribution is 0.217. The van der Waals surface area contributed by atoms with E-state index in [1.807, 2.05) is 0 Å². The van der Waals surface area contributed by atoms with E-state index in [0.717, 1.165) is 13.1 Å². The van der Waals surface area contributed by atoms with Gasteiger partial charge in [-0.15, -0.1) is 0 Å². The lowest BCUT2D eigenvalue weighted by Gasteiger charge is -2.30. The van der Waals surface area contributed by atoms with E-state index in [1.165, 1.54) is 17.5 Å². The molecule has 1 atom stereocenters. The van der Waals surface area contributed by atoms with Crippen LogP contribution in [0.2, 0.25) is 0 Å². The van der Waals surface area contributed by atoms with Gasteiger partial charge in [-0.2, -0.15) is 0 Å². The van der Waals surface area contributed by atoms with E-state index in [-0.39, 0.29) is 6.03 Å². The number of rotatable bonds is 5. The third-order valence-electron chi connectivity index (χ3n) is 3.34. The zero-order chi connectivity index (χ0) is 13.0. The first-order valence-corrected chi connectivity index (χ1v) is 6.42. The molecule has 1 aliphatic rings. The summed E-state index contributed by atoms with van der Waals surface area (Å²) in [7, 11) is 3.49. The van der Waals surface area contributed by atoms with Gasteiger partial charge in [-0.1, -0.05) is 24.3 Å². The predicted molar refractivity (Wildman–Crippen MR) is 72.8 cm³/mol. The van der Waals surface area contributed by atoms with Crippen molar-refractivity contribution in [3.63, 3.8) is 0 Å². The summed E-state index contributed by atoms with van der Waals surface area (Å²) < 4.78 is 0. The van der Waals surface area contributed by atoms with E-state index in [9.17, 15) is 4.79 Å². The molecule has 98 valence electrons. The highest BCUT2D eigenvalue weighted by molar-refractivity contribution is 5.73. The number of hydrogen-bond acceptors (Lipinski definition) is 2. The average molecular weight is 247 g/mol. The molecular formula is C14H21N3O. The van der Waals surface area contributed by atoms with Crippen molar-refractivity contribution in [2.75, 3.05) is 33.7 Å². The van der Waals surface area contributed by atoms with E-state index in [4.69, 9.17) is 0 Å². The molecule has 0 heterocycles. The van der Waals surface area contributed by atoms with Crippen molar-refractivity contribution in [1.82, 2.24) is 15.5 Å². The topological polar surface area (TPSA) is 44.4 Å². The number of carbonyl (C=O) groups excluding carboxylic acids is 1. The highest BCUT2D eigenvalue weighted by Crippen LogP contribution is 2.33. The normalized spacial score (nSPS) is 16.7. The third kappa shape index (κ3) is 3.01. The van der Waals surface area contributed by atoms with Gasteiger partial charge in [-0.3, -0.25) is 0 Å². The smallest absolute Gasteiger partial charge is 0.316 e. The van der Waals surface area contributed by atoms with Crippen molar-refractivity contribution in [1.29, 1.82) is 0 Å². The molecule has 0 saturated heterocycles. The van der Waals surface area contributed by atoms with Crippen LogP contribution in [0.25, 0.3) is 0 Å². The number of carbonyl (C=O) groups is 1. The Bertz CT molecular complexity index is 417. The van der Waals surface area contributed by atoms with Crippen LogP contribution in [0.3, 0.4) is 0 Å². The molecule has 2 amide bonds. The summed E-state index contributed by atoms with van der Waals surface area (Å²) in [5.41, 5.74) is 2.95. The number of nitrogens with zero attached hydrogens (tertiary/aromatic N) is 1. The Hall–Kier alpha value is -1.55. The first kappa shape index (κ1) is 12.9. The first-order valence-electron chi connectivity index (χ1n) is 6.42. The molecule has 0 spiro atoms. The van der Waals surface area contributed by atoms with E-state index in [2.05, 4.69) is 34.9 Å². The molecule has 0 saturated carbocycles. The van der Waals surface area contributed by atoms with Gasteiger partial charge in [0.1, 0.15) is 0 Å². The molecule has 18 heavy (non-hydrogen) atoms. The van der Waals surface area contributed by atoms with Crippen molar-refractivity contribution in [2.24, 2.45) is 0 Å². The Morgan fingerprint density at radius 1 is 1.33 bits per heavy atom. The number of hydrogen-bond donors (Lipinski definition) is 2. The fourth-order valence-electron chi connectivity index (χ4n) is 2.24. The SMILES string of the molecule is CN(C)C(=O)NCCNCC1Cc2ccccc21. The van der Waals surface area contributed by atoms with E-state index in [0.29, 0.717) is 12.5 Å². The Labute approximate surface area is 108 Å². The standard InChI is InChI=1S/C14H21N3O/c1-17(2)14(18)16-8-7-15-10-12-9-11-5-3-4-6-13(11)12/h3-6,12,15H,7-10H2,1-2H3,(H,16,18). The highest BCUT2D eigenvalue weighted by Gasteiger charge is 2.24. The van der Waals surface area contributed by atoms with E-state index < -0.39 is 0 Å². The Kier molecular flexibility index (Phi) is 4.20. The van der Waals surface area contributed by atoms with Gasteiger partial charge in [0.2, 0.25) is 0 Å². The highest BCUT2D eigenvalue weighted by atomic mass is 16.2. The van der Waals surface area contributed by atoms with E-state index >= 15 is 0 Å². The quantitative estimate of drug-likeness (QED) is 0.768. The molecule has 1 aliphatic carbocycles. The van der Waals surface area contributed by atoms with Crippen LogP contribution in [0.15, 0.2) is 24.3 Å². The second-order valence-electron chi connectivity index (χ2n) is 4.93. The monoisotopic (exact) mass is 247 g/mol. The first-order chi connectivity index (χ1) is 8.68. The zero-order valence-corrected chi connectivity index (χ0v) is 11.1. The number of amides is 2. The van der Waals surface area contributed by atoms with Gasteiger partial charge in [0.05, 0.1) is 0 Å². The van der Waals surface area contributed by atoms with Crippen molar-refractivity contribution >= 4 is 6.03 Å². The molecule has 0 aromatic heterocycles. The van der Waals surface area contributed by atoms with Crippen LogP contribution in [0.5, 0.6) is 0 Å². The maximum atomic E-state index is 11.3. The molecule has 4 nitrogen and oxygen atoms in total. The molecule has 1 aromatic carbocycles. The summed E-state index contributed by atoms with van der Waals surface area (Å²) in [6.45, 7) is 2.48. The maximum absolute atomic E-state index is 11.3. The molecule has 1 aromatic rings. The molecule has 0 aliphatic heterocycles. The predicted octanol–water partition coefficient (Wildman–Crippen LogP) is 1.19. The van der Waals surface area contributed by atoms with Gasteiger partial charge >= 0.3 is 6.03 Å². The number of benzene rings is 1. The van der Waals surface area contributed by atoms with Crippen molar-refractivity contribution in [3.05, 3.63) is 35.4 Å². The molecule has 0 fully saturated rings. The minimum absolute atomic E-state index is 0.0363. The molecule has 2 N–H and O–H groups in total. The second-order valence-corrected chi connectivity index (χ2v) is 4.93. The van der Waals surface area contributed by atoms with Crippen molar-refractivity contribution in [2.45, 2.75) is 12.3 Å². The lowest BCUT2D eigenvalue weighted by Crippen LogP contribution is -2.39. The van der Waals surface area contributed by atoms with Crippen molar-refractivity contribution < 1.29 is 4.79 Å². The summed E-state index contributed by atoms with van der Waals surface area (Å²) in [5, 5.41) is 6.22. The van der Waals surface area contributed by atoms with Gasteiger partial charge < -0.3 is 15.5 Å². The van der Waals surface area contributed by atoms with Gasteiger partial charge in [0.25, 0.3) is 0 Å². The van der Waals surface area contributed by atoms with Crippen LogP contribution in [-0.4, -0.2) is 44.7 Å². The summed E-state index contributed by atoms with van der Waals surface area (Å²) in [6, 6.07) is 8.56. The Balaban J connectivity index is 1.59. The zero-order valence-electron chi connectivity index (χ0n) is 11.1. The summed E-state index contributed by atoms with van der Waals surface area (Å²) in [5.74, 6) is 0.644. The third-order valence-corrected chi connectivity index (χ3v) is 3.34. The second kappa shape index (κ2) is 5.87. The number of fused-ring (bicyclic) bond motifs is 1. The minimum atomic E-state index is -0.0363. The Morgan fingerprint density at radius 2 is 2.11 bits per heavy atom. The van der Waals surface area contributed by atoms with E-state index in [1.54, 1.807) is 19.0 Å². The van der Waals surface area contributed by atoms with Crippen LogP contribution in [-0.2, 0) is 6.42 Å². The molecule has 2 rings (SSSR count). The summed E-state index contributed by atoms with van der Waals surface area (Å²) in [6.07, 6.45) is 1.17. The number of nitrogens with one attached hydrogen (secondary N) is 2. The molecule has 4 heteroatoms. The minimum Gasteiger partial charge on any atom is -0.337 e. The molecule has 0 bridgehead atoms. The van der Waals surface area contributed by atoms with Crippen LogP contribution >= 0.6 is 0 Å². The van der Waals surface area contributed by atoms with Gasteiger partial charge in [-0.25, -0.2) is 4.79 Å². The largest absolute Gasteiger partial charge is 0.337 e. The van der Waals surface area contributed by atoms with Crippen LogP contribution in [0.1, 0.15) is 17.0 Å². The van der Waals surface area contributed by atoms with Gasteiger partial charge in [0.15, 0.2) is 0 Å². The van der Waals surface area contributed by atoms with Crippen LogP contribution < -0.4 is 10.6 Å². The van der Waals surface area contributed by atoms with Gasteiger partial charge in [0, 0.05) is 39.6 Å². The molecule has 0 radical (unpaired) electrons. The molecular weight excluding hydrogens is 226 g/mol. The van der Waals surface area contributed by atoms with Crippen LogP contribution in [0.4, 0.5) is 4.79 Å².